The molecule has 116 valence electrons. The minimum atomic E-state index is -3.84. The Hall–Kier alpha value is -2.13. The van der Waals surface area contributed by atoms with Crippen molar-refractivity contribution in [1.29, 1.82) is 0 Å². The molecule has 1 unspecified atom stereocenters. The highest BCUT2D eigenvalue weighted by molar-refractivity contribution is 7.89. The Morgan fingerprint density at radius 1 is 1.38 bits per heavy atom. The van der Waals surface area contributed by atoms with Crippen LogP contribution in [0.3, 0.4) is 0 Å². The van der Waals surface area contributed by atoms with Crippen LogP contribution in [0.4, 0.5) is 10.5 Å². The van der Waals surface area contributed by atoms with Gasteiger partial charge in [-0.3, -0.25) is 4.79 Å². The molecule has 0 saturated heterocycles. The molecule has 0 spiro atoms. The molecule has 0 radical (unpaired) electrons. The molecule has 9 heteroatoms. The van der Waals surface area contributed by atoms with Gasteiger partial charge in [-0.2, -0.15) is 0 Å². The highest BCUT2D eigenvalue weighted by Gasteiger charge is 2.12. The first-order valence-electron chi connectivity index (χ1n) is 6.10. The van der Waals surface area contributed by atoms with E-state index in [9.17, 15) is 18.0 Å². The fourth-order valence-electron chi connectivity index (χ4n) is 1.45. The summed E-state index contributed by atoms with van der Waals surface area (Å²) in [4.78, 5) is 22.1. The number of sulfonamides is 1. The Kier molecular flexibility index (Phi) is 5.68. The number of carboxylic acids is 1. The number of hydrogen-bond donors (Lipinski definition) is 4. The Morgan fingerprint density at radius 3 is 2.62 bits per heavy atom. The predicted molar refractivity (Wildman–Crippen MR) is 76.3 cm³/mol. The van der Waals surface area contributed by atoms with Crippen molar-refractivity contribution in [2.45, 2.75) is 18.2 Å². The third-order valence-corrected chi connectivity index (χ3v) is 3.62. The molecular formula is C12H17N3O5S. The molecule has 0 heterocycles. The maximum atomic E-state index is 11.6. The molecule has 0 aliphatic heterocycles. The zero-order valence-electron chi connectivity index (χ0n) is 11.4. The molecule has 1 rings (SSSR count). The van der Waals surface area contributed by atoms with Gasteiger partial charge in [0.2, 0.25) is 10.0 Å². The maximum absolute atomic E-state index is 11.6. The standard InChI is InChI=1S/C12H17N3O5S/c1-8(11(16)17)5-6-14-12(18)15-9-3-2-4-10(7-9)21(13,19)20/h2-4,7-8H,5-6H2,1H3,(H,16,17)(H2,13,19,20)(H2,14,15,18). The molecule has 1 aromatic carbocycles. The summed E-state index contributed by atoms with van der Waals surface area (Å²) in [6.07, 6.45) is 0.292. The van der Waals surface area contributed by atoms with Crippen molar-refractivity contribution in [3.8, 4) is 0 Å². The van der Waals surface area contributed by atoms with Crippen LogP contribution in [0.2, 0.25) is 0 Å². The summed E-state index contributed by atoms with van der Waals surface area (Å²) in [5.74, 6) is -1.49. The Balaban J connectivity index is 2.54. The molecule has 0 saturated carbocycles. The van der Waals surface area contributed by atoms with E-state index >= 15 is 0 Å². The van der Waals surface area contributed by atoms with Gasteiger partial charge < -0.3 is 15.7 Å². The fraction of sp³-hybridized carbons (Fsp3) is 0.333. The van der Waals surface area contributed by atoms with Gasteiger partial charge >= 0.3 is 12.0 Å². The van der Waals surface area contributed by atoms with Crippen molar-refractivity contribution in [2.24, 2.45) is 11.1 Å². The molecule has 8 nitrogen and oxygen atoms in total. The number of benzene rings is 1. The van der Waals surface area contributed by atoms with E-state index in [1.165, 1.54) is 31.2 Å². The van der Waals surface area contributed by atoms with E-state index in [0.29, 0.717) is 6.42 Å². The Morgan fingerprint density at radius 2 is 2.05 bits per heavy atom. The molecule has 0 aliphatic rings. The van der Waals surface area contributed by atoms with Crippen molar-refractivity contribution in [3.05, 3.63) is 24.3 Å². The maximum Gasteiger partial charge on any atom is 0.319 e. The van der Waals surface area contributed by atoms with E-state index in [-0.39, 0.29) is 17.1 Å². The van der Waals surface area contributed by atoms with Gasteiger partial charge in [0.15, 0.2) is 0 Å². The molecule has 1 atom stereocenters. The largest absolute Gasteiger partial charge is 0.481 e. The van der Waals surface area contributed by atoms with Gasteiger partial charge in [0.1, 0.15) is 0 Å². The van der Waals surface area contributed by atoms with Gasteiger partial charge in [-0.25, -0.2) is 18.4 Å². The van der Waals surface area contributed by atoms with Crippen LogP contribution >= 0.6 is 0 Å². The number of carbonyl (C=O) groups is 2. The van der Waals surface area contributed by atoms with Crippen LogP contribution < -0.4 is 15.8 Å². The highest BCUT2D eigenvalue weighted by atomic mass is 32.2. The number of primary sulfonamides is 1. The van der Waals surface area contributed by atoms with Crippen molar-refractivity contribution in [1.82, 2.24) is 5.32 Å². The molecule has 0 aromatic heterocycles. The summed E-state index contributed by atoms with van der Waals surface area (Å²) in [6.45, 7) is 1.73. The number of anilines is 1. The van der Waals surface area contributed by atoms with E-state index in [0.717, 1.165) is 0 Å². The first kappa shape index (κ1) is 16.9. The summed E-state index contributed by atoms with van der Waals surface area (Å²) in [7, 11) is -3.84. The third kappa shape index (κ3) is 5.79. The zero-order valence-corrected chi connectivity index (χ0v) is 12.2. The lowest BCUT2D eigenvalue weighted by Crippen LogP contribution is -2.31. The van der Waals surface area contributed by atoms with Crippen LogP contribution in [-0.4, -0.2) is 32.1 Å². The number of nitrogens with one attached hydrogen (secondary N) is 2. The van der Waals surface area contributed by atoms with Crippen molar-refractivity contribution in [2.75, 3.05) is 11.9 Å². The van der Waals surface area contributed by atoms with E-state index < -0.39 is 27.9 Å². The number of rotatable bonds is 6. The monoisotopic (exact) mass is 315 g/mol. The van der Waals surface area contributed by atoms with Crippen LogP contribution in [0.15, 0.2) is 29.2 Å². The highest BCUT2D eigenvalue weighted by Crippen LogP contribution is 2.13. The molecule has 2 amide bonds. The molecule has 0 fully saturated rings. The molecule has 21 heavy (non-hydrogen) atoms. The summed E-state index contributed by atoms with van der Waals surface area (Å²) in [5, 5.41) is 18.6. The van der Waals surface area contributed by atoms with Gasteiger partial charge in [-0.05, 0) is 24.6 Å². The fourth-order valence-corrected chi connectivity index (χ4v) is 2.01. The average molecular weight is 315 g/mol. The number of nitrogens with two attached hydrogens (primary N) is 1. The van der Waals surface area contributed by atoms with Gasteiger partial charge in [0, 0.05) is 12.2 Å². The second kappa shape index (κ2) is 7.04. The summed E-state index contributed by atoms with van der Waals surface area (Å²) in [5.41, 5.74) is 0.269. The second-order valence-electron chi connectivity index (χ2n) is 4.48. The number of amides is 2. The number of urea groups is 1. The third-order valence-electron chi connectivity index (χ3n) is 2.70. The van der Waals surface area contributed by atoms with E-state index in [2.05, 4.69) is 10.6 Å². The van der Waals surface area contributed by atoms with Gasteiger partial charge in [0.25, 0.3) is 0 Å². The van der Waals surface area contributed by atoms with Crippen LogP contribution in [-0.2, 0) is 14.8 Å². The number of hydrogen-bond acceptors (Lipinski definition) is 4. The summed E-state index contributed by atoms with van der Waals surface area (Å²) in [6, 6.07) is 4.94. The van der Waals surface area contributed by atoms with Gasteiger partial charge in [-0.1, -0.05) is 13.0 Å². The smallest absolute Gasteiger partial charge is 0.319 e. The van der Waals surface area contributed by atoms with E-state index in [4.69, 9.17) is 10.2 Å². The van der Waals surface area contributed by atoms with Crippen molar-refractivity contribution in [3.63, 3.8) is 0 Å². The lowest BCUT2D eigenvalue weighted by molar-refractivity contribution is -0.141. The minimum absolute atomic E-state index is 0.111. The SMILES string of the molecule is CC(CCNC(=O)Nc1cccc(S(N)(=O)=O)c1)C(=O)O. The minimum Gasteiger partial charge on any atom is -0.481 e. The second-order valence-corrected chi connectivity index (χ2v) is 6.04. The zero-order chi connectivity index (χ0) is 16.0. The number of aliphatic carboxylic acids is 1. The van der Waals surface area contributed by atoms with Crippen molar-refractivity contribution >= 4 is 27.7 Å². The Labute approximate surface area is 122 Å². The molecule has 1 aromatic rings. The average Bonchev–Trinajstić information content (AvgIpc) is 2.37. The summed E-state index contributed by atoms with van der Waals surface area (Å²) < 4.78 is 22.4. The Bertz CT molecular complexity index is 630. The van der Waals surface area contributed by atoms with Crippen LogP contribution in [0.5, 0.6) is 0 Å². The van der Waals surface area contributed by atoms with Crippen LogP contribution in [0.1, 0.15) is 13.3 Å². The first-order chi connectivity index (χ1) is 9.70. The van der Waals surface area contributed by atoms with E-state index in [1.807, 2.05) is 0 Å². The van der Waals surface area contributed by atoms with Crippen molar-refractivity contribution < 1.29 is 23.1 Å². The quantitative estimate of drug-likeness (QED) is 0.607. The molecule has 5 N–H and O–H groups in total. The lowest BCUT2D eigenvalue weighted by atomic mass is 10.1. The lowest BCUT2D eigenvalue weighted by Gasteiger charge is -2.10. The molecule has 0 aliphatic carbocycles. The first-order valence-corrected chi connectivity index (χ1v) is 7.65. The number of carbonyl (C=O) groups excluding carboxylic acids is 1. The molecule has 0 bridgehead atoms. The number of carboxylic acid groups (broad SMARTS) is 1. The normalized spacial score (nSPS) is 12.5. The van der Waals surface area contributed by atoms with Gasteiger partial charge in [0.05, 0.1) is 10.8 Å². The topological polar surface area (TPSA) is 139 Å². The van der Waals surface area contributed by atoms with E-state index in [1.54, 1.807) is 0 Å². The summed E-state index contributed by atoms with van der Waals surface area (Å²) >= 11 is 0. The van der Waals surface area contributed by atoms with Crippen LogP contribution in [0.25, 0.3) is 0 Å². The molecular weight excluding hydrogens is 298 g/mol. The predicted octanol–water partition coefficient (Wildman–Crippen LogP) is 0.566. The van der Waals surface area contributed by atoms with Crippen LogP contribution in [0, 0.1) is 5.92 Å². The van der Waals surface area contributed by atoms with Gasteiger partial charge in [-0.15, -0.1) is 0 Å².